The van der Waals surface area contributed by atoms with Crippen molar-refractivity contribution in [1.29, 1.82) is 0 Å². The van der Waals surface area contributed by atoms with Crippen LogP contribution in [0.3, 0.4) is 0 Å². The number of benzene rings is 1. The van der Waals surface area contributed by atoms with Gasteiger partial charge in [0.1, 0.15) is 5.60 Å². The van der Waals surface area contributed by atoms with E-state index in [4.69, 9.17) is 14.2 Å². The molecule has 4 aliphatic heterocycles. The van der Waals surface area contributed by atoms with E-state index in [1.165, 1.54) is 11.3 Å². The number of carbonyl (C=O) groups is 2. The average Bonchev–Trinajstić information content (AvgIpc) is 3.49. The summed E-state index contributed by atoms with van der Waals surface area (Å²) in [5.74, 6) is -0.236. The van der Waals surface area contributed by atoms with E-state index in [2.05, 4.69) is 10.3 Å². The van der Waals surface area contributed by atoms with Gasteiger partial charge in [-0.05, 0) is 12.1 Å². The molecule has 2 aromatic rings. The summed E-state index contributed by atoms with van der Waals surface area (Å²) in [6.07, 6.45) is 5.05. The van der Waals surface area contributed by atoms with Crippen LogP contribution in [-0.4, -0.2) is 41.8 Å². The zero-order chi connectivity index (χ0) is 18.9. The van der Waals surface area contributed by atoms with Crippen molar-refractivity contribution in [2.24, 2.45) is 11.8 Å². The normalized spacial score (nSPS) is 31.5. The van der Waals surface area contributed by atoms with E-state index in [0.717, 1.165) is 0 Å². The molecule has 9 heteroatoms. The van der Waals surface area contributed by atoms with Gasteiger partial charge >= 0.3 is 0 Å². The van der Waals surface area contributed by atoms with Gasteiger partial charge in [-0.25, -0.2) is 4.98 Å². The van der Waals surface area contributed by atoms with Crippen molar-refractivity contribution in [3.8, 4) is 11.5 Å². The van der Waals surface area contributed by atoms with E-state index in [1.54, 1.807) is 28.6 Å². The van der Waals surface area contributed by atoms with Crippen LogP contribution in [0.5, 0.6) is 11.5 Å². The first-order valence-electron chi connectivity index (χ1n) is 8.93. The summed E-state index contributed by atoms with van der Waals surface area (Å²) in [6.45, 7) is 0.538. The van der Waals surface area contributed by atoms with E-state index in [9.17, 15) is 9.59 Å². The Morgan fingerprint density at radius 2 is 2.21 bits per heavy atom. The molecular formula is C19H15N3O5S. The lowest BCUT2D eigenvalue weighted by atomic mass is 9.77. The topological polar surface area (TPSA) is 90.0 Å². The van der Waals surface area contributed by atoms with Crippen molar-refractivity contribution in [2.75, 3.05) is 23.6 Å². The first-order valence-corrected chi connectivity index (χ1v) is 9.81. The summed E-state index contributed by atoms with van der Waals surface area (Å²) < 4.78 is 16.9. The monoisotopic (exact) mass is 397 g/mol. The first kappa shape index (κ1) is 16.1. The highest BCUT2D eigenvalue weighted by Gasteiger charge is 2.67. The fourth-order valence-electron chi connectivity index (χ4n) is 4.54. The van der Waals surface area contributed by atoms with Gasteiger partial charge in [-0.3, -0.25) is 9.59 Å². The Balaban J connectivity index is 1.32. The maximum atomic E-state index is 13.3. The van der Waals surface area contributed by atoms with Gasteiger partial charge in [-0.15, -0.1) is 11.3 Å². The molecule has 0 unspecified atom stereocenters. The van der Waals surface area contributed by atoms with E-state index < -0.39 is 23.5 Å². The Morgan fingerprint density at radius 3 is 3.07 bits per heavy atom. The Morgan fingerprint density at radius 1 is 1.32 bits per heavy atom. The number of thiazole rings is 1. The SMILES string of the molecule is O=C(Nc1nccs1)[C@@H]1[C@@H]2C=C[C@@]3(CN(c4ccc5c(c4)OCO5)C(=O)[C@H]13)O2. The second-order valence-electron chi connectivity index (χ2n) is 7.19. The smallest absolute Gasteiger partial charge is 0.234 e. The molecule has 0 saturated carbocycles. The van der Waals surface area contributed by atoms with Gasteiger partial charge in [0, 0.05) is 23.3 Å². The van der Waals surface area contributed by atoms with Crippen LogP contribution in [0, 0.1) is 11.8 Å². The quantitative estimate of drug-likeness (QED) is 0.795. The molecule has 0 aliphatic carbocycles. The van der Waals surface area contributed by atoms with Gasteiger partial charge in [-0.1, -0.05) is 12.2 Å². The summed E-state index contributed by atoms with van der Waals surface area (Å²) in [5, 5.41) is 5.12. The maximum absolute atomic E-state index is 13.3. The lowest BCUT2D eigenvalue weighted by molar-refractivity contribution is -0.128. The number of fused-ring (bicyclic) bond motifs is 2. The van der Waals surface area contributed by atoms with Crippen LogP contribution in [0.15, 0.2) is 41.9 Å². The zero-order valence-electron chi connectivity index (χ0n) is 14.5. The van der Waals surface area contributed by atoms with Gasteiger partial charge < -0.3 is 24.4 Å². The van der Waals surface area contributed by atoms with Crippen molar-refractivity contribution >= 4 is 34.0 Å². The number of hydrogen-bond acceptors (Lipinski definition) is 7. The molecule has 2 bridgehead atoms. The highest BCUT2D eigenvalue weighted by Crippen LogP contribution is 2.53. The summed E-state index contributed by atoms with van der Waals surface area (Å²) >= 11 is 1.34. The zero-order valence-corrected chi connectivity index (χ0v) is 15.3. The minimum atomic E-state index is -0.775. The summed E-state index contributed by atoms with van der Waals surface area (Å²) in [4.78, 5) is 32.0. The molecule has 2 amide bonds. The number of amides is 2. The minimum Gasteiger partial charge on any atom is -0.454 e. The molecule has 142 valence electrons. The molecule has 6 rings (SSSR count). The van der Waals surface area contributed by atoms with Gasteiger partial charge in [0.15, 0.2) is 16.6 Å². The van der Waals surface area contributed by atoms with Crippen LogP contribution in [0.25, 0.3) is 0 Å². The fraction of sp³-hybridized carbons (Fsp3) is 0.316. The van der Waals surface area contributed by atoms with Crippen molar-refractivity contribution in [1.82, 2.24) is 4.98 Å². The number of aromatic nitrogens is 1. The van der Waals surface area contributed by atoms with E-state index >= 15 is 0 Å². The number of anilines is 2. The van der Waals surface area contributed by atoms with Crippen LogP contribution >= 0.6 is 11.3 Å². The number of nitrogens with zero attached hydrogens (tertiary/aromatic N) is 2. The fourth-order valence-corrected chi connectivity index (χ4v) is 5.08. The highest BCUT2D eigenvalue weighted by atomic mass is 32.1. The largest absolute Gasteiger partial charge is 0.454 e. The molecule has 1 N–H and O–H groups in total. The lowest BCUT2D eigenvalue weighted by Gasteiger charge is -2.22. The number of nitrogens with one attached hydrogen (secondary N) is 1. The van der Waals surface area contributed by atoms with Crippen LogP contribution in [0.2, 0.25) is 0 Å². The van der Waals surface area contributed by atoms with Gasteiger partial charge in [0.05, 0.1) is 24.5 Å². The van der Waals surface area contributed by atoms with Crippen LogP contribution in [0.4, 0.5) is 10.8 Å². The Labute approximate surface area is 163 Å². The van der Waals surface area contributed by atoms with Crippen LogP contribution in [0.1, 0.15) is 0 Å². The minimum absolute atomic E-state index is 0.120. The van der Waals surface area contributed by atoms with Crippen molar-refractivity contribution in [2.45, 2.75) is 11.7 Å². The molecule has 28 heavy (non-hydrogen) atoms. The Kier molecular flexibility index (Phi) is 3.19. The molecule has 2 saturated heterocycles. The molecule has 5 heterocycles. The second kappa shape index (κ2) is 5.55. The number of hydrogen-bond donors (Lipinski definition) is 1. The standard InChI is InChI=1S/C19H15N3O5S/c23-16(21-18-20-5-6-28-18)14-12-3-4-19(27-12)8-22(17(24)15(14)19)10-1-2-11-13(7-10)26-9-25-11/h1-7,12,14-15H,8-9H2,(H,20,21,23)/t12-,14+,15-,19-/m0/s1. The molecule has 1 spiro atoms. The molecular weight excluding hydrogens is 382 g/mol. The third-order valence-corrected chi connectivity index (χ3v) is 6.42. The van der Waals surface area contributed by atoms with Crippen molar-refractivity contribution < 1.29 is 23.8 Å². The van der Waals surface area contributed by atoms with Gasteiger partial charge in [0.2, 0.25) is 18.6 Å². The van der Waals surface area contributed by atoms with E-state index in [0.29, 0.717) is 28.9 Å². The number of carbonyl (C=O) groups excluding carboxylic acids is 2. The Hall–Kier alpha value is -2.91. The summed E-state index contributed by atoms with van der Waals surface area (Å²) in [5.41, 5.74) is -0.0687. The summed E-state index contributed by atoms with van der Waals surface area (Å²) in [7, 11) is 0. The average molecular weight is 397 g/mol. The predicted octanol–water partition coefficient (Wildman–Crippen LogP) is 1.80. The summed E-state index contributed by atoms with van der Waals surface area (Å²) in [6, 6.07) is 5.40. The van der Waals surface area contributed by atoms with Crippen molar-refractivity contribution in [3.63, 3.8) is 0 Å². The molecule has 1 aromatic carbocycles. The maximum Gasteiger partial charge on any atom is 0.234 e. The second-order valence-corrected chi connectivity index (χ2v) is 8.08. The molecule has 4 atom stereocenters. The van der Waals surface area contributed by atoms with Gasteiger partial charge in [-0.2, -0.15) is 0 Å². The lowest BCUT2D eigenvalue weighted by Crippen LogP contribution is -2.41. The molecule has 2 fully saturated rings. The molecule has 4 aliphatic rings. The van der Waals surface area contributed by atoms with E-state index in [1.807, 2.05) is 18.2 Å². The predicted molar refractivity (Wildman–Crippen MR) is 99.4 cm³/mol. The van der Waals surface area contributed by atoms with E-state index in [-0.39, 0.29) is 18.6 Å². The number of rotatable bonds is 3. The highest BCUT2D eigenvalue weighted by molar-refractivity contribution is 7.13. The van der Waals surface area contributed by atoms with Gasteiger partial charge in [0.25, 0.3) is 0 Å². The molecule has 1 aromatic heterocycles. The van der Waals surface area contributed by atoms with Crippen LogP contribution in [-0.2, 0) is 14.3 Å². The van der Waals surface area contributed by atoms with Crippen LogP contribution < -0.4 is 19.7 Å². The molecule has 0 radical (unpaired) electrons. The van der Waals surface area contributed by atoms with Crippen molar-refractivity contribution in [3.05, 3.63) is 41.9 Å². The third kappa shape index (κ3) is 2.11. The number of ether oxygens (including phenoxy) is 3. The first-order chi connectivity index (χ1) is 13.6. The Bertz CT molecular complexity index is 1020. The molecule has 8 nitrogen and oxygen atoms in total. The third-order valence-electron chi connectivity index (χ3n) is 5.73.